The number of carbonyl (C=O) groups is 2. The second kappa shape index (κ2) is 12.3. The molecule has 2 unspecified atom stereocenters. The molecule has 1 fully saturated rings. The Bertz CT molecular complexity index is 1390. The largest absolute Gasteiger partial charge is 0.417 e. The number of nitrogens with zero attached hydrogens (tertiary/aromatic N) is 1. The molecule has 1 aliphatic heterocycles. The fourth-order valence-electron chi connectivity index (χ4n) is 6.09. The second-order valence-electron chi connectivity index (χ2n) is 10.6. The van der Waals surface area contributed by atoms with Crippen molar-refractivity contribution >= 4 is 17.7 Å². The summed E-state index contributed by atoms with van der Waals surface area (Å²) in [4.78, 5) is 28.9. The number of hydrogen-bond acceptors (Lipinski definition) is 4. The topological polar surface area (TPSA) is 70.7 Å². The number of nitrogens with one attached hydrogen (secondary N) is 2. The molecule has 0 bridgehead atoms. The number of piperidine rings is 1. The molecule has 0 spiro atoms. The van der Waals surface area contributed by atoms with E-state index in [2.05, 4.69) is 22.5 Å². The molecule has 1 heterocycles. The molecular weight excluding hydrogens is 531 g/mol. The first-order chi connectivity index (χ1) is 19.8. The van der Waals surface area contributed by atoms with Crippen molar-refractivity contribution in [3.63, 3.8) is 0 Å². The summed E-state index contributed by atoms with van der Waals surface area (Å²) in [7, 11) is 0. The SMILES string of the molecule is CCCC(c1ccc(NC(=O)Oc2ccccc2)c2c1C(C(=O)NCC(F)(F)F)c1ccccc1-2)N1CCCCC1. The van der Waals surface area contributed by atoms with E-state index in [4.69, 9.17) is 4.74 Å². The lowest BCUT2D eigenvalue weighted by Gasteiger charge is -2.36. The van der Waals surface area contributed by atoms with Gasteiger partial charge in [0.05, 0.1) is 11.6 Å². The van der Waals surface area contributed by atoms with Crippen molar-refractivity contribution in [1.29, 1.82) is 0 Å². The molecule has 216 valence electrons. The van der Waals surface area contributed by atoms with Gasteiger partial charge < -0.3 is 10.1 Å². The van der Waals surface area contributed by atoms with Gasteiger partial charge in [-0.2, -0.15) is 13.2 Å². The standard InChI is InChI=1S/C32H34F3N3O3/c1-2-11-26(38-18-9-4-10-19-38)24-16-17-25(37-31(40)41-21-12-5-3-6-13-21)27-22-14-7-8-15-23(22)29(28(24)27)30(39)36-20-32(33,34)35/h3,5-8,12-17,26,29H,2,4,9-11,18-20H2,1H3,(H,36,39)(H,37,40). The average molecular weight is 566 g/mol. The first-order valence-electron chi connectivity index (χ1n) is 14.1. The first kappa shape index (κ1) is 28.7. The van der Waals surface area contributed by atoms with Crippen molar-refractivity contribution in [2.45, 2.75) is 57.2 Å². The van der Waals surface area contributed by atoms with Crippen molar-refractivity contribution in [2.75, 3.05) is 25.0 Å². The zero-order chi connectivity index (χ0) is 29.0. The minimum Gasteiger partial charge on any atom is -0.410 e. The Labute approximate surface area is 237 Å². The van der Waals surface area contributed by atoms with Crippen LogP contribution in [0.15, 0.2) is 66.7 Å². The van der Waals surface area contributed by atoms with E-state index in [1.807, 2.05) is 30.3 Å². The molecule has 2 N–H and O–H groups in total. The highest BCUT2D eigenvalue weighted by molar-refractivity contribution is 6.03. The van der Waals surface area contributed by atoms with Crippen LogP contribution in [-0.2, 0) is 4.79 Å². The van der Waals surface area contributed by atoms with Gasteiger partial charge in [-0.1, -0.05) is 68.3 Å². The number of anilines is 1. The summed E-state index contributed by atoms with van der Waals surface area (Å²) in [6, 6.07) is 19.6. The number of benzene rings is 3. The molecule has 2 atom stereocenters. The van der Waals surface area contributed by atoms with Crippen molar-refractivity contribution in [3.8, 4) is 16.9 Å². The van der Waals surface area contributed by atoms with Crippen molar-refractivity contribution < 1.29 is 27.5 Å². The van der Waals surface area contributed by atoms with Gasteiger partial charge in [-0.15, -0.1) is 0 Å². The molecule has 6 nitrogen and oxygen atoms in total. The maximum absolute atomic E-state index is 13.6. The van der Waals surface area contributed by atoms with Crippen LogP contribution in [0.1, 0.15) is 67.7 Å². The van der Waals surface area contributed by atoms with Gasteiger partial charge >= 0.3 is 12.3 Å². The minimum absolute atomic E-state index is 0.00778. The zero-order valence-electron chi connectivity index (χ0n) is 23.0. The van der Waals surface area contributed by atoms with E-state index in [0.29, 0.717) is 33.7 Å². The van der Waals surface area contributed by atoms with E-state index >= 15 is 0 Å². The van der Waals surface area contributed by atoms with Gasteiger partial charge in [-0.05, 0) is 72.8 Å². The summed E-state index contributed by atoms with van der Waals surface area (Å²) in [6.45, 7) is 2.53. The van der Waals surface area contributed by atoms with E-state index in [-0.39, 0.29) is 6.04 Å². The number of ether oxygens (including phenoxy) is 1. The molecule has 9 heteroatoms. The number of carbonyl (C=O) groups excluding carboxylic acids is 2. The first-order valence-corrected chi connectivity index (χ1v) is 14.1. The Kier molecular flexibility index (Phi) is 8.63. The molecule has 3 aromatic carbocycles. The lowest BCUT2D eigenvalue weighted by Crippen LogP contribution is -2.38. The number of para-hydroxylation sites is 1. The van der Waals surface area contributed by atoms with Gasteiger partial charge in [0.15, 0.2) is 0 Å². The van der Waals surface area contributed by atoms with Gasteiger partial charge in [0.1, 0.15) is 12.3 Å². The fourth-order valence-corrected chi connectivity index (χ4v) is 6.09. The normalized spacial score (nSPS) is 17.3. The fraction of sp³-hybridized carbons (Fsp3) is 0.375. The number of rotatable bonds is 8. The third-order valence-electron chi connectivity index (χ3n) is 7.78. The number of halogens is 3. The number of amides is 2. The number of likely N-dealkylation sites (tertiary alicyclic amines) is 1. The molecule has 5 rings (SSSR count). The molecule has 3 aromatic rings. The highest BCUT2D eigenvalue weighted by Crippen LogP contribution is 2.52. The molecule has 0 saturated carbocycles. The van der Waals surface area contributed by atoms with E-state index in [1.54, 1.807) is 36.4 Å². The molecule has 0 aromatic heterocycles. The Morgan fingerprint density at radius 1 is 0.976 bits per heavy atom. The van der Waals surface area contributed by atoms with Gasteiger partial charge in [0.2, 0.25) is 5.91 Å². The summed E-state index contributed by atoms with van der Waals surface area (Å²) in [5.41, 5.74) is 3.97. The summed E-state index contributed by atoms with van der Waals surface area (Å²) < 4.78 is 44.9. The number of hydrogen-bond donors (Lipinski definition) is 2. The van der Waals surface area contributed by atoms with E-state index in [9.17, 15) is 22.8 Å². The van der Waals surface area contributed by atoms with Crippen LogP contribution in [0, 0.1) is 0 Å². The molecule has 1 saturated heterocycles. The van der Waals surface area contributed by atoms with Crippen LogP contribution in [0.4, 0.5) is 23.7 Å². The van der Waals surface area contributed by atoms with Crippen LogP contribution in [0.25, 0.3) is 11.1 Å². The van der Waals surface area contributed by atoms with Gasteiger partial charge in [0, 0.05) is 11.6 Å². The lowest BCUT2D eigenvalue weighted by atomic mass is 9.86. The molecular formula is C32H34F3N3O3. The Morgan fingerprint density at radius 3 is 2.39 bits per heavy atom. The van der Waals surface area contributed by atoms with Crippen molar-refractivity contribution in [2.24, 2.45) is 0 Å². The van der Waals surface area contributed by atoms with Crippen molar-refractivity contribution in [1.82, 2.24) is 10.2 Å². The van der Waals surface area contributed by atoms with Crippen LogP contribution in [0.5, 0.6) is 5.75 Å². The predicted octanol–water partition coefficient (Wildman–Crippen LogP) is 7.42. The molecule has 2 aliphatic rings. The average Bonchev–Trinajstić information content (AvgIpc) is 3.31. The van der Waals surface area contributed by atoms with Crippen LogP contribution in [0.2, 0.25) is 0 Å². The smallest absolute Gasteiger partial charge is 0.410 e. The van der Waals surface area contributed by atoms with E-state index < -0.39 is 30.6 Å². The third-order valence-corrected chi connectivity index (χ3v) is 7.78. The monoisotopic (exact) mass is 565 g/mol. The van der Waals surface area contributed by atoms with Crippen LogP contribution >= 0.6 is 0 Å². The Hall–Kier alpha value is -3.85. The highest BCUT2D eigenvalue weighted by Gasteiger charge is 2.41. The third kappa shape index (κ3) is 6.40. The summed E-state index contributed by atoms with van der Waals surface area (Å²) in [6.07, 6.45) is -0.197. The Morgan fingerprint density at radius 2 is 1.68 bits per heavy atom. The van der Waals surface area contributed by atoms with Crippen LogP contribution in [-0.4, -0.2) is 42.7 Å². The predicted molar refractivity (Wildman–Crippen MR) is 152 cm³/mol. The maximum Gasteiger partial charge on any atom is 0.417 e. The van der Waals surface area contributed by atoms with Crippen LogP contribution < -0.4 is 15.4 Å². The van der Waals surface area contributed by atoms with E-state index in [1.165, 1.54) is 0 Å². The molecule has 2 amide bonds. The second-order valence-corrected chi connectivity index (χ2v) is 10.6. The van der Waals surface area contributed by atoms with Crippen LogP contribution in [0.3, 0.4) is 0 Å². The van der Waals surface area contributed by atoms with Crippen molar-refractivity contribution in [3.05, 3.63) is 83.4 Å². The molecule has 0 radical (unpaired) electrons. The molecule has 1 aliphatic carbocycles. The Balaban J connectivity index is 1.61. The summed E-state index contributed by atoms with van der Waals surface area (Å²) >= 11 is 0. The molecule has 41 heavy (non-hydrogen) atoms. The van der Waals surface area contributed by atoms with Gasteiger partial charge in [-0.3, -0.25) is 15.0 Å². The maximum atomic E-state index is 13.6. The summed E-state index contributed by atoms with van der Waals surface area (Å²) in [5.74, 6) is -1.29. The van der Waals surface area contributed by atoms with Gasteiger partial charge in [0.25, 0.3) is 0 Å². The highest BCUT2D eigenvalue weighted by atomic mass is 19.4. The number of alkyl halides is 3. The lowest BCUT2D eigenvalue weighted by molar-refractivity contribution is -0.138. The quantitative estimate of drug-likeness (QED) is 0.298. The summed E-state index contributed by atoms with van der Waals surface area (Å²) in [5, 5.41) is 4.97. The zero-order valence-corrected chi connectivity index (χ0v) is 23.0. The van der Waals surface area contributed by atoms with Gasteiger partial charge in [-0.25, -0.2) is 4.79 Å². The minimum atomic E-state index is -4.54. The number of fused-ring (bicyclic) bond motifs is 3. The van der Waals surface area contributed by atoms with E-state index in [0.717, 1.165) is 50.8 Å².